The lowest BCUT2D eigenvalue weighted by Crippen LogP contribution is -2.48. The molecule has 2 aromatic rings. The molecule has 8 heteroatoms. The number of carbonyl (C=O) groups is 2. The number of thiazole rings is 1. The van der Waals surface area contributed by atoms with Crippen LogP contribution in [0.15, 0.2) is 35.7 Å². The molecule has 0 unspecified atom stereocenters. The number of aliphatic carboxylic acids is 1. The maximum atomic E-state index is 12.1. The molecule has 3 rings (SSSR count). The fraction of sp³-hybridized carbons (Fsp3) is 0.353. The maximum Gasteiger partial charge on any atom is 0.309 e. The lowest BCUT2D eigenvalue weighted by molar-refractivity contribution is -0.136. The van der Waals surface area contributed by atoms with Crippen LogP contribution in [0.1, 0.15) is 5.69 Å². The van der Waals surface area contributed by atoms with Gasteiger partial charge in [-0.05, 0) is 12.1 Å². The van der Waals surface area contributed by atoms with Gasteiger partial charge < -0.3 is 15.3 Å². The first kappa shape index (κ1) is 17.4. The second kappa shape index (κ2) is 8.09. The maximum absolute atomic E-state index is 12.1. The highest BCUT2D eigenvalue weighted by Crippen LogP contribution is 2.17. The van der Waals surface area contributed by atoms with Gasteiger partial charge in [0.1, 0.15) is 0 Å². The standard InChI is InChI=1S/C17H20N4O3S/c22-15(19-17-18-13(12-25-17)10-16(23)24)11-20-6-8-21(9-7-20)14-4-2-1-3-5-14/h1-5,12H,6-11H2,(H,23,24)(H,18,19,22). The number of anilines is 2. The average molecular weight is 360 g/mol. The summed E-state index contributed by atoms with van der Waals surface area (Å²) < 4.78 is 0. The Bertz CT molecular complexity index is 727. The monoisotopic (exact) mass is 360 g/mol. The van der Waals surface area contributed by atoms with Crippen LogP contribution in [-0.2, 0) is 16.0 Å². The quantitative estimate of drug-likeness (QED) is 0.813. The van der Waals surface area contributed by atoms with E-state index < -0.39 is 5.97 Å². The highest BCUT2D eigenvalue weighted by molar-refractivity contribution is 7.13. The normalized spacial score (nSPS) is 15.1. The molecule has 2 heterocycles. The van der Waals surface area contributed by atoms with E-state index in [-0.39, 0.29) is 12.3 Å². The smallest absolute Gasteiger partial charge is 0.309 e. The fourth-order valence-electron chi connectivity index (χ4n) is 2.77. The predicted molar refractivity (Wildman–Crippen MR) is 97.2 cm³/mol. The molecule has 0 spiro atoms. The van der Waals surface area contributed by atoms with Gasteiger partial charge in [-0.25, -0.2) is 4.98 Å². The second-order valence-corrected chi connectivity index (χ2v) is 6.72. The van der Waals surface area contributed by atoms with Crippen molar-refractivity contribution in [3.8, 4) is 0 Å². The van der Waals surface area contributed by atoms with Crippen LogP contribution in [0.3, 0.4) is 0 Å². The van der Waals surface area contributed by atoms with Crippen LogP contribution in [-0.4, -0.2) is 59.6 Å². The minimum Gasteiger partial charge on any atom is -0.481 e. The first-order valence-electron chi connectivity index (χ1n) is 8.08. The van der Waals surface area contributed by atoms with E-state index in [1.807, 2.05) is 18.2 Å². The van der Waals surface area contributed by atoms with Gasteiger partial charge >= 0.3 is 5.97 Å². The second-order valence-electron chi connectivity index (χ2n) is 5.86. The number of carbonyl (C=O) groups excluding carboxylic acids is 1. The number of benzene rings is 1. The van der Waals surface area contributed by atoms with Crippen LogP contribution >= 0.6 is 11.3 Å². The number of amides is 1. The third kappa shape index (κ3) is 5.01. The topological polar surface area (TPSA) is 85.8 Å². The van der Waals surface area contributed by atoms with Gasteiger partial charge in [-0.1, -0.05) is 18.2 Å². The zero-order chi connectivity index (χ0) is 17.6. The van der Waals surface area contributed by atoms with E-state index in [2.05, 4.69) is 32.2 Å². The van der Waals surface area contributed by atoms with Crippen LogP contribution in [0.4, 0.5) is 10.8 Å². The summed E-state index contributed by atoms with van der Waals surface area (Å²) in [5.74, 6) is -1.05. The Balaban J connectivity index is 1.45. The van der Waals surface area contributed by atoms with E-state index >= 15 is 0 Å². The lowest BCUT2D eigenvalue weighted by Gasteiger charge is -2.35. The predicted octanol–water partition coefficient (Wildman–Crippen LogP) is 1.53. The number of rotatable bonds is 6. The number of nitrogens with zero attached hydrogens (tertiary/aromatic N) is 3. The third-order valence-corrected chi connectivity index (χ3v) is 4.80. The molecular formula is C17H20N4O3S. The Hall–Kier alpha value is -2.45. The van der Waals surface area contributed by atoms with Crippen molar-refractivity contribution >= 4 is 34.0 Å². The molecule has 0 saturated carbocycles. The number of piperazine rings is 1. The summed E-state index contributed by atoms with van der Waals surface area (Å²) in [5, 5.41) is 13.6. The molecule has 1 aliphatic heterocycles. The number of aromatic nitrogens is 1. The minimum atomic E-state index is -0.931. The van der Waals surface area contributed by atoms with E-state index in [1.165, 1.54) is 17.0 Å². The van der Waals surface area contributed by atoms with Crippen LogP contribution in [0, 0.1) is 0 Å². The molecule has 25 heavy (non-hydrogen) atoms. The summed E-state index contributed by atoms with van der Waals surface area (Å²) in [7, 11) is 0. The van der Waals surface area contributed by atoms with Crippen molar-refractivity contribution in [3.63, 3.8) is 0 Å². The van der Waals surface area contributed by atoms with Gasteiger partial charge in [0.15, 0.2) is 5.13 Å². The highest BCUT2D eigenvalue weighted by atomic mass is 32.1. The van der Waals surface area contributed by atoms with Crippen molar-refractivity contribution in [2.24, 2.45) is 0 Å². The van der Waals surface area contributed by atoms with Gasteiger partial charge in [0, 0.05) is 37.2 Å². The first-order valence-corrected chi connectivity index (χ1v) is 8.96. The van der Waals surface area contributed by atoms with Crippen LogP contribution in [0.2, 0.25) is 0 Å². The van der Waals surface area contributed by atoms with Gasteiger partial charge in [0.25, 0.3) is 0 Å². The molecule has 0 radical (unpaired) electrons. The average Bonchev–Trinajstić information content (AvgIpc) is 3.02. The largest absolute Gasteiger partial charge is 0.481 e. The Labute approximate surface area is 149 Å². The van der Waals surface area contributed by atoms with Crippen molar-refractivity contribution in [3.05, 3.63) is 41.4 Å². The van der Waals surface area contributed by atoms with Crippen LogP contribution in [0.25, 0.3) is 0 Å². The molecule has 1 amide bonds. The SMILES string of the molecule is O=C(O)Cc1csc(NC(=O)CN2CCN(c3ccccc3)CC2)n1. The van der Waals surface area contributed by atoms with E-state index in [0.717, 1.165) is 26.2 Å². The molecule has 2 N–H and O–H groups in total. The molecule has 0 bridgehead atoms. The Morgan fingerprint density at radius 3 is 2.56 bits per heavy atom. The summed E-state index contributed by atoms with van der Waals surface area (Å²) in [4.78, 5) is 31.3. The molecule has 132 valence electrons. The Kier molecular flexibility index (Phi) is 5.62. The fourth-order valence-corrected chi connectivity index (χ4v) is 3.49. The summed E-state index contributed by atoms with van der Waals surface area (Å²) in [5.41, 5.74) is 1.67. The minimum absolute atomic E-state index is 0.121. The van der Waals surface area contributed by atoms with E-state index in [0.29, 0.717) is 17.4 Å². The van der Waals surface area contributed by atoms with Crippen molar-refractivity contribution in [2.45, 2.75) is 6.42 Å². The molecule has 1 fully saturated rings. The van der Waals surface area contributed by atoms with Crippen molar-refractivity contribution in [1.82, 2.24) is 9.88 Å². The number of hydrogen-bond acceptors (Lipinski definition) is 6. The summed E-state index contributed by atoms with van der Waals surface area (Å²) >= 11 is 1.25. The van der Waals surface area contributed by atoms with Gasteiger partial charge in [0.05, 0.1) is 18.7 Å². The van der Waals surface area contributed by atoms with Crippen molar-refractivity contribution < 1.29 is 14.7 Å². The van der Waals surface area contributed by atoms with Crippen LogP contribution in [0.5, 0.6) is 0 Å². The van der Waals surface area contributed by atoms with Gasteiger partial charge in [-0.2, -0.15) is 0 Å². The Morgan fingerprint density at radius 2 is 1.88 bits per heavy atom. The lowest BCUT2D eigenvalue weighted by atomic mass is 10.2. The number of nitrogens with one attached hydrogen (secondary N) is 1. The highest BCUT2D eigenvalue weighted by Gasteiger charge is 2.19. The molecule has 1 aliphatic rings. The first-order chi connectivity index (χ1) is 12.1. The molecule has 1 aromatic carbocycles. The third-order valence-electron chi connectivity index (χ3n) is 3.99. The van der Waals surface area contributed by atoms with Gasteiger partial charge in [0.2, 0.25) is 5.91 Å². The molecule has 1 aromatic heterocycles. The number of carboxylic acids is 1. The molecule has 7 nitrogen and oxygen atoms in total. The van der Waals surface area contributed by atoms with Gasteiger partial charge in [-0.3, -0.25) is 14.5 Å². The van der Waals surface area contributed by atoms with Crippen molar-refractivity contribution in [2.75, 3.05) is 42.9 Å². The number of carboxylic acid groups (broad SMARTS) is 1. The van der Waals surface area contributed by atoms with E-state index in [4.69, 9.17) is 5.11 Å². The molecule has 1 saturated heterocycles. The summed E-state index contributed by atoms with van der Waals surface area (Å²) in [6.07, 6.45) is -0.131. The molecular weight excluding hydrogens is 340 g/mol. The van der Waals surface area contributed by atoms with Crippen LogP contribution < -0.4 is 10.2 Å². The van der Waals surface area contributed by atoms with E-state index in [9.17, 15) is 9.59 Å². The van der Waals surface area contributed by atoms with Crippen molar-refractivity contribution in [1.29, 1.82) is 0 Å². The molecule has 0 aliphatic carbocycles. The Morgan fingerprint density at radius 1 is 1.16 bits per heavy atom. The van der Waals surface area contributed by atoms with Gasteiger partial charge in [-0.15, -0.1) is 11.3 Å². The molecule has 0 atom stereocenters. The summed E-state index contributed by atoms with van der Waals surface area (Å²) in [6.45, 7) is 3.74. The van der Waals surface area contributed by atoms with E-state index in [1.54, 1.807) is 5.38 Å². The zero-order valence-corrected chi connectivity index (χ0v) is 14.5. The number of hydrogen-bond donors (Lipinski definition) is 2. The summed E-state index contributed by atoms with van der Waals surface area (Å²) in [6, 6.07) is 10.3. The zero-order valence-electron chi connectivity index (χ0n) is 13.7. The number of para-hydroxylation sites is 1.